The maximum atomic E-state index is 12.0. The Hall–Kier alpha value is -1.27. The van der Waals surface area contributed by atoms with E-state index in [2.05, 4.69) is 0 Å². The lowest BCUT2D eigenvalue weighted by molar-refractivity contribution is -0.160. The Morgan fingerprint density at radius 1 is 1.21 bits per heavy atom. The van der Waals surface area contributed by atoms with E-state index < -0.39 is 42.5 Å². The molecule has 0 aliphatic carbocycles. The summed E-state index contributed by atoms with van der Waals surface area (Å²) in [6.07, 6.45) is -6.29. The van der Waals surface area contributed by atoms with Gasteiger partial charge in [-0.3, -0.25) is 9.59 Å². The van der Waals surface area contributed by atoms with Crippen LogP contribution < -0.4 is 0 Å². The molecule has 1 atom stereocenters. The van der Waals surface area contributed by atoms with Crippen LogP contribution in [0.4, 0.5) is 13.2 Å². The molecule has 0 heterocycles. The van der Waals surface area contributed by atoms with Gasteiger partial charge in [-0.1, -0.05) is 0 Å². The van der Waals surface area contributed by atoms with Crippen LogP contribution >= 0.6 is 0 Å². The quantitative estimate of drug-likeness (QED) is 0.761. The number of halogens is 3. The van der Waals surface area contributed by atoms with Crippen molar-refractivity contribution in [3.8, 4) is 0 Å². The van der Waals surface area contributed by atoms with Gasteiger partial charge in [0.05, 0.1) is 12.3 Å². The molecule has 0 saturated heterocycles. The average molecular weight is 284 g/mol. The summed E-state index contributed by atoms with van der Waals surface area (Å²) >= 11 is 0. The topological polar surface area (TPSA) is 63.6 Å². The van der Waals surface area contributed by atoms with Crippen LogP contribution in [0.5, 0.6) is 0 Å². The summed E-state index contributed by atoms with van der Waals surface area (Å²) in [6.45, 7) is 4.89. The van der Waals surface area contributed by atoms with Gasteiger partial charge in [-0.05, 0) is 33.6 Å². The van der Waals surface area contributed by atoms with Gasteiger partial charge in [-0.2, -0.15) is 13.2 Å². The zero-order valence-corrected chi connectivity index (χ0v) is 11.2. The summed E-state index contributed by atoms with van der Waals surface area (Å²) in [5, 5.41) is 8.86. The molecule has 7 heteroatoms. The fraction of sp³-hybridized carbons (Fsp3) is 0.833. The first-order chi connectivity index (χ1) is 8.41. The van der Waals surface area contributed by atoms with Gasteiger partial charge in [0.1, 0.15) is 5.60 Å². The van der Waals surface area contributed by atoms with E-state index in [-0.39, 0.29) is 12.8 Å². The molecular weight excluding hydrogens is 265 g/mol. The smallest absolute Gasteiger partial charge is 0.389 e. The van der Waals surface area contributed by atoms with Crippen molar-refractivity contribution in [2.75, 3.05) is 0 Å². The number of esters is 1. The molecule has 0 bridgehead atoms. The lowest BCUT2D eigenvalue weighted by Crippen LogP contribution is -2.27. The van der Waals surface area contributed by atoms with Gasteiger partial charge < -0.3 is 9.84 Å². The molecule has 0 fully saturated rings. The molecular formula is C12H19F3O4. The molecule has 1 unspecified atom stereocenters. The van der Waals surface area contributed by atoms with E-state index in [1.54, 1.807) is 20.8 Å². The van der Waals surface area contributed by atoms with Crippen LogP contribution in [0.15, 0.2) is 0 Å². The van der Waals surface area contributed by atoms with E-state index in [4.69, 9.17) is 9.84 Å². The lowest BCUT2D eigenvalue weighted by Gasteiger charge is -2.21. The van der Waals surface area contributed by atoms with Gasteiger partial charge in [-0.15, -0.1) is 0 Å². The van der Waals surface area contributed by atoms with Gasteiger partial charge in [0, 0.05) is 6.42 Å². The van der Waals surface area contributed by atoms with Crippen molar-refractivity contribution in [3.05, 3.63) is 0 Å². The van der Waals surface area contributed by atoms with Crippen LogP contribution in [0.2, 0.25) is 0 Å². The number of carboxylic acids is 1. The van der Waals surface area contributed by atoms with Crippen LogP contribution in [0.3, 0.4) is 0 Å². The second-order valence-corrected chi connectivity index (χ2v) is 5.33. The molecule has 1 N–H and O–H groups in total. The molecule has 0 rings (SSSR count). The summed E-state index contributed by atoms with van der Waals surface area (Å²) in [6, 6.07) is 0. The van der Waals surface area contributed by atoms with Crippen molar-refractivity contribution in [2.45, 2.75) is 58.2 Å². The van der Waals surface area contributed by atoms with Crippen molar-refractivity contribution in [1.29, 1.82) is 0 Å². The Labute approximate surface area is 109 Å². The number of carbonyl (C=O) groups excluding carboxylic acids is 1. The molecule has 0 spiro atoms. The number of hydrogen-bond acceptors (Lipinski definition) is 3. The van der Waals surface area contributed by atoms with Crippen LogP contribution in [0.25, 0.3) is 0 Å². The van der Waals surface area contributed by atoms with Crippen LogP contribution in [0.1, 0.15) is 46.5 Å². The molecule has 0 aliphatic heterocycles. The number of hydrogen-bond donors (Lipinski definition) is 1. The zero-order chi connectivity index (χ0) is 15.3. The van der Waals surface area contributed by atoms with Crippen molar-refractivity contribution in [3.63, 3.8) is 0 Å². The molecule has 0 aromatic heterocycles. The monoisotopic (exact) mass is 284 g/mol. The van der Waals surface area contributed by atoms with Gasteiger partial charge in [0.2, 0.25) is 0 Å². The fourth-order valence-corrected chi connectivity index (χ4v) is 1.45. The standard InChI is InChI=1S/C12H19F3O4/c1-11(2,3)19-9(16)7-8(10(17)18)5-4-6-12(13,14)15/h8H,4-7H2,1-3H3,(H,17,18). The first-order valence-electron chi connectivity index (χ1n) is 5.92. The number of ether oxygens (including phenoxy) is 1. The Balaban J connectivity index is 4.28. The molecule has 0 radical (unpaired) electrons. The first-order valence-corrected chi connectivity index (χ1v) is 5.92. The van der Waals surface area contributed by atoms with E-state index in [0.717, 1.165) is 0 Å². The maximum Gasteiger partial charge on any atom is 0.389 e. The highest BCUT2D eigenvalue weighted by atomic mass is 19.4. The fourth-order valence-electron chi connectivity index (χ4n) is 1.45. The normalized spacial score (nSPS) is 14.0. The third-order valence-corrected chi connectivity index (χ3v) is 2.20. The van der Waals surface area contributed by atoms with Crippen molar-refractivity contribution >= 4 is 11.9 Å². The second-order valence-electron chi connectivity index (χ2n) is 5.33. The number of carboxylic acid groups (broad SMARTS) is 1. The predicted molar refractivity (Wildman–Crippen MR) is 61.5 cm³/mol. The minimum atomic E-state index is -4.31. The predicted octanol–water partition coefficient (Wildman–Crippen LogP) is 3.15. The third-order valence-electron chi connectivity index (χ3n) is 2.20. The molecule has 4 nitrogen and oxygen atoms in total. The average Bonchev–Trinajstić information content (AvgIpc) is 2.10. The third kappa shape index (κ3) is 10.3. The van der Waals surface area contributed by atoms with Gasteiger partial charge in [-0.25, -0.2) is 0 Å². The molecule has 112 valence electrons. The van der Waals surface area contributed by atoms with Crippen LogP contribution in [-0.2, 0) is 14.3 Å². The lowest BCUT2D eigenvalue weighted by atomic mass is 9.98. The number of alkyl halides is 3. The van der Waals surface area contributed by atoms with Gasteiger partial charge in [0.15, 0.2) is 0 Å². The second kappa shape index (κ2) is 6.77. The number of rotatable bonds is 6. The van der Waals surface area contributed by atoms with E-state index in [9.17, 15) is 22.8 Å². The first kappa shape index (κ1) is 17.7. The summed E-state index contributed by atoms with van der Waals surface area (Å²) < 4.78 is 40.8. The van der Waals surface area contributed by atoms with Crippen molar-refractivity contribution in [2.24, 2.45) is 5.92 Å². The largest absolute Gasteiger partial charge is 0.481 e. The highest BCUT2D eigenvalue weighted by Gasteiger charge is 2.29. The molecule has 19 heavy (non-hydrogen) atoms. The summed E-state index contributed by atoms with van der Waals surface area (Å²) in [4.78, 5) is 22.3. The Morgan fingerprint density at radius 2 is 1.74 bits per heavy atom. The minimum Gasteiger partial charge on any atom is -0.481 e. The Morgan fingerprint density at radius 3 is 2.11 bits per heavy atom. The van der Waals surface area contributed by atoms with Crippen LogP contribution in [-0.4, -0.2) is 28.8 Å². The highest BCUT2D eigenvalue weighted by molar-refractivity contribution is 5.78. The molecule has 0 saturated carbocycles. The van der Waals surface area contributed by atoms with Crippen LogP contribution in [0, 0.1) is 5.92 Å². The molecule has 0 aliphatic rings. The highest BCUT2D eigenvalue weighted by Crippen LogP contribution is 2.25. The zero-order valence-electron chi connectivity index (χ0n) is 11.2. The SMILES string of the molecule is CC(C)(C)OC(=O)CC(CCCC(F)(F)F)C(=O)O. The van der Waals surface area contributed by atoms with Crippen molar-refractivity contribution in [1.82, 2.24) is 0 Å². The number of aliphatic carboxylic acids is 1. The Bertz CT molecular complexity index is 318. The Kier molecular flexibility index (Phi) is 6.32. The van der Waals surface area contributed by atoms with E-state index in [1.807, 2.05) is 0 Å². The van der Waals surface area contributed by atoms with E-state index in [0.29, 0.717) is 0 Å². The summed E-state index contributed by atoms with van der Waals surface area (Å²) in [7, 11) is 0. The summed E-state index contributed by atoms with van der Waals surface area (Å²) in [5.74, 6) is -3.14. The van der Waals surface area contributed by atoms with E-state index >= 15 is 0 Å². The molecule has 0 amide bonds. The number of carbonyl (C=O) groups is 2. The minimum absolute atomic E-state index is 0.200. The van der Waals surface area contributed by atoms with Gasteiger partial charge >= 0.3 is 18.1 Å². The summed E-state index contributed by atoms with van der Waals surface area (Å²) in [5.41, 5.74) is -0.744. The van der Waals surface area contributed by atoms with Gasteiger partial charge in [0.25, 0.3) is 0 Å². The van der Waals surface area contributed by atoms with Crippen molar-refractivity contribution < 1.29 is 32.6 Å². The molecule has 0 aromatic rings. The van der Waals surface area contributed by atoms with E-state index in [1.165, 1.54) is 0 Å². The molecule has 0 aromatic carbocycles. The maximum absolute atomic E-state index is 12.0.